The van der Waals surface area contributed by atoms with Crippen molar-refractivity contribution in [2.45, 2.75) is 19.9 Å². The van der Waals surface area contributed by atoms with Crippen molar-refractivity contribution in [3.05, 3.63) is 112 Å². The molecule has 2 heterocycles. The molecule has 210 valence electrons. The number of thiazole rings is 1. The van der Waals surface area contributed by atoms with Gasteiger partial charge in [0.15, 0.2) is 16.3 Å². The monoisotopic (exact) mass is 682 g/mol. The molecule has 0 saturated heterocycles. The number of esters is 1. The van der Waals surface area contributed by atoms with Crippen molar-refractivity contribution < 1.29 is 24.1 Å². The molecule has 0 amide bonds. The molecule has 0 unspecified atom stereocenters. The first-order valence-electron chi connectivity index (χ1n) is 12.9. The fourth-order valence-corrected chi connectivity index (χ4v) is 6.26. The Morgan fingerprint density at radius 2 is 1.83 bits per heavy atom. The van der Waals surface area contributed by atoms with Crippen LogP contribution in [-0.4, -0.2) is 36.0 Å². The largest absolute Gasteiger partial charge is 0.504 e. The second kappa shape index (κ2) is 12.3. The molecule has 0 saturated carbocycles. The van der Waals surface area contributed by atoms with Crippen LogP contribution in [0.1, 0.15) is 36.6 Å². The third kappa shape index (κ3) is 5.66. The van der Waals surface area contributed by atoms with E-state index in [0.717, 1.165) is 5.56 Å². The highest BCUT2D eigenvalue weighted by Gasteiger charge is 2.35. The zero-order chi connectivity index (χ0) is 29.1. The van der Waals surface area contributed by atoms with Crippen LogP contribution in [0.3, 0.4) is 0 Å². The molecule has 8 nitrogen and oxygen atoms in total. The average Bonchev–Trinajstić information content (AvgIpc) is 3.29. The standard InChI is InChI=1S/C31H27IN2O6S/c1-4-39-23-16-18(15-22(32)28(23)35)17-24-29(36)34-27(20-11-13-21(38-3)14-12-20)25(30(37)40-5-2)26(33-31(34)41-24)19-9-7-6-8-10-19/h6-17,27,35H,4-5H2,1-3H3/b24-17-/t27-/m0/s1. The van der Waals surface area contributed by atoms with Crippen LogP contribution >= 0.6 is 33.9 Å². The summed E-state index contributed by atoms with van der Waals surface area (Å²) in [5.41, 5.74) is 2.57. The Hall–Kier alpha value is -3.90. The number of hydrogen-bond donors (Lipinski definition) is 1. The minimum atomic E-state index is -0.785. The number of aromatic nitrogens is 1. The Labute approximate surface area is 254 Å². The maximum absolute atomic E-state index is 14.1. The molecule has 1 aliphatic heterocycles. The van der Waals surface area contributed by atoms with Crippen molar-refractivity contribution in [1.82, 2.24) is 4.57 Å². The highest BCUT2D eigenvalue weighted by Crippen LogP contribution is 2.36. The summed E-state index contributed by atoms with van der Waals surface area (Å²) in [5.74, 6) is 0.500. The molecule has 1 N–H and O–H groups in total. The molecule has 1 aromatic heterocycles. The van der Waals surface area contributed by atoms with E-state index in [4.69, 9.17) is 19.2 Å². The van der Waals surface area contributed by atoms with Gasteiger partial charge in [0.2, 0.25) is 0 Å². The molecule has 41 heavy (non-hydrogen) atoms. The molecule has 0 spiro atoms. The third-order valence-corrected chi connectivity index (χ3v) is 8.26. The Morgan fingerprint density at radius 1 is 1.10 bits per heavy atom. The van der Waals surface area contributed by atoms with Crippen LogP contribution in [0, 0.1) is 3.57 Å². The number of methoxy groups -OCH3 is 1. The van der Waals surface area contributed by atoms with Gasteiger partial charge in [0.05, 0.1) is 45.7 Å². The fraction of sp³-hybridized carbons (Fsp3) is 0.194. The Bertz CT molecular complexity index is 1810. The van der Waals surface area contributed by atoms with E-state index in [-0.39, 0.29) is 23.5 Å². The zero-order valence-electron chi connectivity index (χ0n) is 22.6. The summed E-state index contributed by atoms with van der Waals surface area (Å²) >= 11 is 3.26. The van der Waals surface area contributed by atoms with E-state index in [0.29, 0.717) is 47.8 Å². The normalized spacial score (nSPS) is 14.8. The number of phenolic OH excluding ortho intramolecular Hbond substituents is 1. The first kappa shape index (κ1) is 28.6. The van der Waals surface area contributed by atoms with Crippen molar-refractivity contribution >= 4 is 51.7 Å². The van der Waals surface area contributed by atoms with Gasteiger partial charge in [0, 0.05) is 5.56 Å². The van der Waals surface area contributed by atoms with Crippen molar-refractivity contribution in [3.63, 3.8) is 0 Å². The highest BCUT2D eigenvalue weighted by atomic mass is 127. The number of nitrogens with zero attached hydrogens (tertiary/aromatic N) is 2. The number of hydrogen-bond acceptors (Lipinski definition) is 8. The summed E-state index contributed by atoms with van der Waals surface area (Å²) in [6, 6.07) is 19.4. The van der Waals surface area contributed by atoms with Crippen molar-refractivity contribution in [2.75, 3.05) is 20.3 Å². The lowest BCUT2D eigenvalue weighted by atomic mass is 9.93. The predicted molar refractivity (Wildman–Crippen MR) is 166 cm³/mol. The zero-order valence-corrected chi connectivity index (χ0v) is 25.6. The molecule has 1 atom stereocenters. The average molecular weight is 683 g/mol. The Balaban J connectivity index is 1.80. The van der Waals surface area contributed by atoms with Gasteiger partial charge < -0.3 is 19.3 Å². The minimum Gasteiger partial charge on any atom is -0.504 e. The molecule has 0 bridgehead atoms. The number of carbonyl (C=O) groups is 1. The SMILES string of the molecule is CCOC(=O)C1=C(c2ccccc2)N=c2s/c(=C\c3cc(I)c(O)c(OCC)c3)c(=O)n2[C@H]1c1ccc(OC)cc1. The van der Waals surface area contributed by atoms with E-state index in [1.54, 1.807) is 48.9 Å². The first-order valence-corrected chi connectivity index (χ1v) is 14.8. The number of halogens is 1. The minimum absolute atomic E-state index is 0.0529. The summed E-state index contributed by atoms with van der Waals surface area (Å²) in [6.45, 7) is 4.14. The third-order valence-electron chi connectivity index (χ3n) is 6.45. The Kier molecular flexibility index (Phi) is 8.60. The van der Waals surface area contributed by atoms with Gasteiger partial charge in [-0.1, -0.05) is 53.8 Å². The maximum atomic E-state index is 14.1. The van der Waals surface area contributed by atoms with Gasteiger partial charge in [-0.15, -0.1) is 0 Å². The number of fused-ring (bicyclic) bond motifs is 1. The first-order chi connectivity index (χ1) is 19.9. The quantitative estimate of drug-likeness (QED) is 0.215. The molecule has 0 radical (unpaired) electrons. The van der Waals surface area contributed by atoms with Crippen LogP contribution < -0.4 is 24.4 Å². The number of benzene rings is 3. The van der Waals surface area contributed by atoms with Gasteiger partial charge in [-0.25, -0.2) is 9.79 Å². The molecule has 3 aromatic carbocycles. The molecule has 4 aromatic rings. The van der Waals surface area contributed by atoms with E-state index >= 15 is 0 Å². The van der Waals surface area contributed by atoms with E-state index < -0.39 is 12.0 Å². The van der Waals surface area contributed by atoms with Crippen molar-refractivity contribution in [1.29, 1.82) is 0 Å². The van der Waals surface area contributed by atoms with Crippen LogP contribution in [0.2, 0.25) is 0 Å². The topological polar surface area (TPSA) is 99.4 Å². The van der Waals surface area contributed by atoms with Gasteiger partial charge in [-0.05, 0) is 77.9 Å². The summed E-state index contributed by atoms with van der Waals surface area (Å²) in [7, 11) is 1.58. The van der Waals surface area contributed by atoms with Crippen LogP contribution in [0.5, 0.6) is 17.2 Å². The second-order valence-corrected chi connectivity index (χ2v) is 11.2. The lowest BCUT2D eigenvalue weighted by Crippen LogP contribution is -2.40. The lowest BCUT2D eigenvalue weighted by molar-refractivity contribution is -0.138. The number of carbonyl (C=O) groups excluding carboxylic acids is 1. The maximum Gasteiger partial charge on any atom is 0.338 e. The molecular formula is C31H27IN2O6S. The van der Waals surface area contributed by atoms with Gasteiger partial charge in [-0.2, -0.15) is 0 Å². The van der Waals surface area contributed by atoms with Crippen molar-refractivity contribution in [2.24, 2.45) is 4.99 Å². The highest BCUT2D eigenvalue weighted by molar-refractivity contribution is 14.1. The van der Waals surface area contributed by atoms with E-state index in [9.17, 15) is 14.7 Å². The van der Waals surface area contributed by atoms with Gasteiger partial charge in [0.25, 0.3) is 5.56 Å². The van der Waals surface area contributed by atoms with Gasteiger partial charge >= 0.3 is 5.97 Å². The molecule has 10 heteroatoms. The molecule has 0 fully saturated rings. The summed E-state index contributed by atoms with van der Waals surface area (Å²) in [6.07, 6.45) is 1.75. The summed E-state index contributed by atoms with van der Waals surface area (Å²) in [4.78, 5) is 32.9. The number of aromatic hydroxyl groups is 1. The van der Waals surface area contributed by atoms with Crippen LogP contribution in [0.25, 0.3) is 11.8 Å². The predicted octanol–water partition coefficient (Wildman–Crippen LogP) is 4.65. The number of phenols is 1. The fourth-order valence-electron chi connectivity index (χ4n) is 4.64. The van der Waals surface area contributed by atoms with E-state index in [1.165, 1.54) is 11.3 Å². The number of ether oxygens (including phenoxy) is 3. The van der Waals surface area contributed by atoms with E-state index in [2.05, 4.69) is 0 Å². The van der Waals surface area contributed by atoms with Crippen molar-refractivity contribution in [3.8, 4) is 17.2 Å². The second-order valence-electron chi connectivity index (χ2n) is 8.99. The van der Waals surface area contributed by atoms with Gasteiger partial charge in [-0.3, -0.25) is 9.36 Å². The van der Waals surface area contributed by atoms with Crippen LogP contribution in [0.15, 0.2) is 82.1 Å². The molecule has 0 aliphatic carbocycles. The smallest absolute Gasteiger partial charge is 0.338 e. The molecule has 5 rings (SSSR count). The Morgan fingerprint density at radius 3 is 2.49 bits per heavy atom. The van der Waals surface area contributed by atoms with E-state index in [1.807, 2.05) is 72.0 Å². The summed E-state index contributed by atoms with van der Waals surface area (Å²) < 4.78 is 19.0. The van der Waals surface area contributed by atoms with Gasteiger partial charge in [0.1, 0.15) is 5.75 Å². The van der Waals surface area contributed by atoms with Crippen LogP contribution in [-0.2, 0) is 9.53 Å². The lowest BCUT2D eigenvalue weighted by Gasteiger charge is -2.26. The molecular weight excluding hydrogens is 655 g/mol. The number of rotatable bonds is 8. The molecule has 1 aliphatic rings. The summed E-state index contributed by atoms with van der Waals surface area (Å²) in [5, 5.41) is 10.4. The van der Waals surface area contributed by atoms with Crippen LogP contribution in [0.4, 0.5) is 0 Å².